The van der Waals surface area contributed by atoms with E-state index in [1.54, 1.807) is 0 Å². The van der Waals surface area contributed by atoms with Gasteiger partial charge in [0.05, 0.1) is 4.90 Å². The minimum Gasteiger partial charge on any atom is -0.207 e. The summed E-state index contributed by atoms with van der Waals surface area (Å²) in [5.41, 5.74) is 0.862. The number of hydrogen-bond acceptors (Lipinski definition) is 2. The van der Waals surface area contributed by atoms with Gasteiger partial charge >= 0.3 is 0 Å². The van der Waals surface area contributed by atoms with Crippen LogP contribution in [-0.2, 0) is 10.0 Å². The van der Waals surface area contributed by atoms with Crippen LogP contribution in [0.5, 0.6) is 0 Å². The maximum absolute atomic E-state index is 13.2. The minimum absolute atomic E-state index is 0.0712. The van der Waals surface area contributed by atoms with Crippen LogP contribution in [0.2, 0.25) is 0 Å². The average Bonchev–Trinajstić information content (AvgIpc) is 2.46. The van der Waals surface area contributed by atoms with E-state index in [4.69, 9.17) is 0 Å². The molecule has 0 spiro atoms. The normalized spacial score (nSPS) is 13.1. The van der Waals surface area contributed by atoms with Crippen LogP contribution in [0, 0.1) is 5.82 Å². The SMILES string of the molecule is CCC(NS(=O)(=O)c1cccc(F)c1)c1ccc(Br)cc1. The lowest BCUT2D eigenvalue weighted by Crippen LogP contribution is -2.28. The number of nitrogens with one attached hydrogen (secondary N) is 1. The molecule has 0 heterocycles. The molecule has 2 aromatic rings. The Morgan fingerprint density at radius 3 is 2.43 bits per heavy atom. The van der Waals surface area contributed by atoms with E-state index >= 15 is 0 Å². The lowest BCUT2D eigenvalue weighted by Gasteiger charge is -2.17. The number of halogens is 2. The van der Waals surface area contributed by atoms with Crippen molar-refractivity contribution in [2.75, 3.05) is 0 Å². The Hall–Kier alpha value is -1.24. The van der Waals surface area contributed by atoms with E-state index in [-0.39, 0.29) is 10.9 Å². The van der Waals surface area contributed by atoms with Gasteiger partial charge in [-0.15, -0.1) is 0 Å². The summed E-state index contributed by atoms with van der Waals surface area (Å²) in [7, 11) is -3.75. The second kappa shape index (κ2) is 6.68. The Labute approximate surface area is 132 Å². The fourth-order valence-corrected chi connectivity index (χ4v) is 3.57. The summed E-state index contributed by atoms with van der Waals surface area (Å²) >= 11 is 3.34. The first-order chi connectivity index (χ1) is 9.92. The summed E-state index contributed by atoms with van der Waals surface area (Å²) in [6.07, 6.45) is 0.593. The van der Waals surface area contributed by atoms with Crippen LogP contribution in [-0.4, -0.2) is 8.42 Å². The molecular formula is C15H15BrFNO2S. The molecule has 3 nitrogen and oxygen atoms in total. The Balaban J connectivity index is 2.27. The molecule has 0 fully saturated rings. The molecule has 0 aromatic heterocycles. The van der Waals surface area contributed by atoms with Crippen LogP contribution in [0.1, 0.15) is 24.9 Å². The predicted molar refractivity (Wildman–Crippen MR) is 83.9 cm³/mol. The van der Waals surface area contributed by atoms with E-state index in [2.05, 4.69) is 20.7 Å². The summed E-state index contributed by atoms with van der Waals surface area (Å²) < 4.78 is 41.3. The molecule has 6 heteroatoms. The molecule has 21 heavy (non-hydrogen) atoms. The van der Waals surface area contributed by atoms with Crippen molar-refractivity contribution in [2.45, 2.75) is 24.3 Å². The van der Waals surface area contributed by atoms with Gasteiger partial charge in [-0.05, 0) is 42.3 Å². The number of rotatable bonds is 5. The quantitative estimate of drug-likeness (QED) is 0.862. The highest BCUT2D eigenvalue weighted by molar-refractivity contribution is 9.10. The zero-order valence-corrected chi connectivity index (χ0v) is 13.8. The average molecular weight is 372 g/mol. The molecule has 1 unspecified atom stereocenters. The third-order valence-corrected chi connectivity index (χ3v) is 5.08. The molecule has 0 saturated carbocycles. The Morgan fingerprint density at radius 1 is 1.19 bits per heavy atom. The zero-order valence-electron chi connectivity index (χ0n) is 11.4. The second-order valence-electron chi connectivity index (χ2n) is 4.59. The van der Waals surface area contributed by atoms with Crippen LogP contribution < -0.4 is 4.72 Å². The zero-order chi connectivity index (χ0) is 15.5. The van der Waals surface area contributed by atoms with Crippen LogP contribution in [0.15, 0.2) is 57.9 Å². The van der Waals surface area contributed by atoms with Crippen molar-refractivity contribution in [1.82, 2.24) is 4.72 Å². The second-order valence-corrected chi connectivity index (χ2v) is 7.22. The lowest BCUT2D eigenvalue weighted by molar-refractivity contribution is 0.548. The van der Waals surface area contributed by atoms with Gasteiger partial charge in [-0.2, -0.15) is 0 Å². The number of sulfonamides is 1. The predicted octanol–water partition coefficient (Wildman–Crippen LogP) is 4.02. The largest absolute Gasteiger partial charge is 0.241 e. The van der Waals surface area contributed by atoms with Crippen molar-refractivity contribution >= 4 is 26.0 Å². The summed E-state index contributed by atoms with van der Waals surface area (Å²) in [6.45, 7) is 1.89. The van der Waals surface area contributed by atoms with E-state index in [1.165, 1.54) is 18.2 Å². The topological polar surface area (TPSA) is 46.2 Å². The van der Waals surface area contributed by atoms with Gasteiger partial charge in [0.25, 0.3) is 0 Å². The molecule has 2 aromatic carbocycles. The van der Waals surface area contributed by atoms with E-state index in [0.29, 0.717) is 6.42 Å². The molecule has 112 valence electrons. The van der Waals surface area contributed by atoms with E-state index < -0.39 is 15.8 Å². The van der Waals surface area contributed by atoms with Crippen molar-refractivity contribution in [3.63, 3.8) is 0 Å². The van der Waals surface area contributed by atoms with Crippen LogP contribution in [0.25, 0.3) is 0 Å². The van der Waals surface area contributed by atoms with Gasteiger partial charge in [0.2, 0.25) is 10.0 Å². The van der Waals surface area contributed by atoms with Crippen LogP contribution >= 0.6 is 15.9 Å². The van der Waals surface area contributed by atoms with Crippen LogP contribution in [0.4, 0.5) is 4.39 Å². The Morgan fingerprint density at radius 2 is 1.86 bits per heavy atom. The van der Waals surface area contributed by atoms with Crippen molar-refractivity contribution < 1.29 is 12.8 Å². The maximum atomic E-state index is 13.2. The van der Waals surface area contributed by atoms with Crippen molar-refractivity contribution in [3.05, 3.63) is 64.4 Å². The van der Waals surface area contributed by atoms with Gasteiger partial charge in [-0.1, -0.05) is 41.1 Å². The third-order valence-electron chi connectivity index (χ3n) is 3.08. The fourth-order valence-electron chi connectivity index (χ4n) is 1.97. The first kappa shape index (κ1) is 16.1. The third kappa shape index (κ3) is 4.12. The molecule has 0 aliphatic heterocycles. The molecule has 0 radical (unpaired) electrons. The smallest absolute Gasteiger partial charge is 0.207 e. The van der Waals surface area contributed by atoms with Crippen molar-refractivity contribution in [3.8, 4) is 0 Å². The minimum atomic E-state index is -3.75. The van der Waals surface area contributed by atoms with Gasteiger partial charge in [-0.3, -0.25) is 0 Å². The fraction of sp³-hybridized carbons (Fsp3) is 0.200. The summed E-state index contributed by atoms with van der Waals surface area (Å²) in [4.78, 5) is -0.0712. The molecule has 0 aliphatic rings. The first-order valence-corrected chi connectivity index (χ1v) is 8.73. The van der Waals surface area contributed by atoms with Gasteiger partial charge in [0, 0.05) is 10.5 Å². The summed E-state index contributed by atoms with van der Waals surface area (Å²) in [6, 6.07) is 12.0. The van der Waals surface area contributed by atoms with E-state index in [9.17, 15) is 12.8 Å². The monoisotopic (exact) mass is 371 g/mol. The van der Waals surface area contributed by atoms with Gasteiger partial charge in [-0.25, -0.2) is 17.5 Å². The molecular weight excluding hydrogens is 357 g/mol. The molecule has 1 atom stereocenters. The van der Waals surface area contributed by atoms with E-state index in [1.807, 2.05) is 31.2 Å². The number of benzene rings is 2. The number of hydrogen-bond donors (Lipinski definition) is 1. The molecule has 0 saturated heterocycles. The molecule has 2 rings (SSSR count). The highest BCUT2D eigenvalue weighted by atomic mass is 79.9. The molecule has 0 amide bonds. The Kier molecular flexibility index (Phi) is 5.13. The standard InChI is InChI=1S/C15H15BrFNO2S/c1-2-15(11-6-8-12(16)9-7-11)18-21(19,20)14-5-3-4-13(17)10-14/h3-10,15,18H,2H2,1H3. The Bertz CT molecular complexity index is 717. The molecule has 0 bridgehead atoms. The highest BCUT2D eigenvalue weighted by Gasteiger charge is 2.20. The van der Waals surface area contributed by atoms with Crippen molar-refractivity contribution in [2.24, 2.45) is 0 Å². The van der Waals surface area contributed by atoms with Gasteiger partial charge < -0.3 is 0 Å². The summed E-state index contributed by atoms with van der Waals surface area (Å²) in [5.74, 6) is -0.574. The van der Waals surface area contributed by atoms with Crippen molar-refractivity contribution in [1.29, 1.82) is 0 Å². The van der Waals surface area contributed by atoms with Gasteiger partial charge in [0.15, 0.2) is 0 Å². The lowest BCUT2D eigenvalue weighted by atomic mass is 10.1. The molecule has 0 aliphatic carbocycles. The maximum Gasteiger partial charge on any atom is 0.241 e. The molecule has 1 N–H and O–H groups in total. The van der Waals surface area contributed by atoms with E-state index in [0.717, 1.165) is 16.1 Å². The highest BCUT2D eigenvalue weighted by Crippen LogP contribution is 2.22. The summed E-state index contributed by atoms with van der Waals surface area (Å²) in [5, 5.41) is 0. The van der Waals surface area contributed by atoms with Crippen LogP contribution in [0.3, 0.4) is 0 Å². The first-order valence-electron chi connectivity index (χ1n) is 6.45. The van der Waals surface area contributed by atoms with Gasteiger partial charge in [0.1, 0.15) is 5.82 Å².